The minimum Gasteiger partial charge on any atom is -0.507 e. The summed E-state index contributed by atoms with van der Waals surface area (Å²) in [5.41, 5.74) is 2.59. The molecule has 6 nitrogen and oxygen atoms in total. The number of aliphatic hydroxyl groups excluding tert-OH is 1. The Morgan fingerprint density at radius 2 is 1.58 bits per heavy atom. The number of aryl methyl sites for hydroxylation is 2. The van der Waals surface area contributed by atoms with Gasteiger partial charge in [0.1, 0.15) is 5.76 Å². The number of allylic oxidation sites excluding steroid dienone is 1. The van der Waals surface area contributed by atoms with Gasteiger partial charge in [-0.3, -0.25) is 14.2 Å². The number of aromatic nitrogens is 4. The highest BCUT2D eigenvalue weighted by molar-refractivity contribution is 6.08. The van der Waals surface area contributed by atoms with Crippen molar-refractivity contribution in [3.8, 4) is 0 Å². The summed E-state index contributed by atoms with van der Waals surface area (Å²) < 4.78 is 3.26. The van der Waals surface area contributed by atoms with Gasteiger partial charge in [0, 0.05) is 31.6 Å². The molecule has 0 radical (unpaired) electrons. The van der Waals surface area contributed by atoms with Gasteiger partial charge in [0.2, 0.25) is 0 Å². The largest absolute Gasteiger partial charge is 0.507 e. The van der Waals surface area contributed by atoms with Crippen molar-refractivity contribution in [2.45, 2.75) is 13.8 Å². The molecular formula is C13H16N4O2. The van der Waals surface area contributed by atoms with E-state index in [1.165, 1.54) is 18.5 Å². The van der Waals surface area contributed by atoms with Crippen LogP contribution in [0.15, 0.2) is 18.5 Å². The lowest BCUT2D eigenvalue weighted by molar-refractivity contribution is 0.104. The molecule has 1 N–H and O–H groups in total. The van der Waals surface area contributed by atoms with Crippen LogP contribution in [0.5, 0.6) is 0 Å². The van der Waals surface area contributed by atoms with Crippen molar-refractivity contribution < 1.29 is 9.90 Å². The van der Waals surface area contributed by atoms with Crippen LogP contribution in [0.2, 0.25) is 0 Å². The summed E-state index contributed by atoms with van der Waals surface area (Å²) in [5, 5.41) is 18.0. The molecule has 0 saturated carbocycles. The average Bonchev–Trinajstić information content (AvgIpc) is 2.85. The molecule has 0 bridgehead atoms. The summed E-state index contributed by atoms with van der Waals surface area (Å²) in [4.78, 5) is 12.1. The van der Waals surface area contributed by atoms with E-state index in [4.69, 9.17) is 0 Å². The van der Waals surface area contributed by atoms with E-state index in [0.29, 0.717) is 11.1 Å². The van der Waals surface area contributed by atoms with Gasteiger partial charge in [-0.15, -0.1) is 0 Å². The molecule has 2 aromatic rings. The summed E-state index contributed by atoms with van der Waals surface area (Å²) in [7, 11) is 3.54. The molecule has 0 spiro atoms. The van der Waals surface area contributed by atoms with Crippen molar-refractivity contribution in [1.29, 1.82) is 0 Å². The first-order valence-electron chi connectivity index (χ1n) is 5.84. The van der Waals surface area contributed by atoms with Gasteiger partial charge in [-0.25, -0.2) is 0 Å². The van der Waals surface area contributed by atoms with Crippen LogP contribution in [0.1, 0.15) is 27.3 Å². The first-order chi connectivity index (χ1) is 8.91. The highest BCUT2D eigenvalue weighted by atomic mass is 16.3. The lowest BCUT2D eigenvalue weighted by atomic mass is 10.1. The monoisotopic (exact) mass is 260 g/mol. The molecule has 2 aromatic heterocycles. The molecule has 0 aromatic carbocycles. The molecule has 0 aliphatic rings. The van der Waals surface area contributed by atoms with Crippen LogP contribution >= 0.6 is 0 Å². The number of carbonyl (C=O) groups excluding carboxylic acids is 1. The second kappa shape index (κ2) is 4.72. The zero-order valence-electron chi connectivity index (χ0n) is 11.4. The fourth-order valence-electron chi connectivity index (χ4n) is 1.77. The van der Waals surface area contributed by atoms with Crippen LogP contribution in [0.4, 0.5) is 0 Å². The smallest absolute Gasteiger partial charge is 0.192 e. The maximum Gasteiger partial charge on any atom is 0.192 e. The molecule has 6 heteroatoms. The van der Waals surface area contributed by atoms with Crippen molar-refractivity contribution in [3.05, 3.63) is 41.0 Å². The summed E-state index contributed by atoms with van der Waals surface area (Å²) >= 11 is 0. The van der Waals surface area contributed by atoms with E-state index in [-0.39, 0.29) is 11.5 Å². The fourth-order valence-corrected chi connectivity index (χ4v) is 1.77. The van der Waals surface area contributed by atoms with E-state index in [1.54, 1.807) is 30.4 Å². The molecular weight excluding hydrogens is 244 g/mol. The molecule has 2 rings (SSSR count). The third-order valence-electron chi connectivity index (χ3n) is 3.28. The summed E-state index contributed by atoms with van der Waals surface area (Å²) in [6, 6.07) is 0. The van der Waals surface area contributed by atoms with E-state index in [9.17, 15) is 9.90 Å². The topological polar surface area (TPSA) is 72.9 Å². The molecule has 0 fully saturated rings. The van der Waals surface area contributed by atoms with Crippen molar-refractivity contribution >= 4 is 11.5 Å². The third-order valence-corrected chi connectivity index (χ3v) is 3.28. The first-order valence-corrected chi connectivity index (χ1v) is 5.84. The summed E-state index contributed by atoms with van der Waals surface area (Å²) in [6.45, 7) is 3.63. The van der Waals surface area contributed by atoms with Gasteiger partial charge < -0.3 is 5.11 Å². The number of nitrogens with zero attached hydrogens (tertiary/aromatic N) is 4. The van der Waals surface area contributed by atoms with Crippen molar-refractivity contribution in [2.75, 3.05) is 0 Å². The van der Waals surface area contributed by atoms with Crippen LogP contribution in [0, 0.1) is 13.8 Å². The lowest BCUT2D eigenvalue weighted by Crippen LogP contribution is -2.00. The Morgan fingerprint density at radius 1 is 1.11 bits per heavy atom. The van der Waals surface area contributed by atoms with Crippen molar-refractivity contribution in [1.82, 2.24) is 19.6 Å². The van der Waals surface area contributed by atoms with E-state index < -0.39 is 0 Å². The van der Waals surface area contributed by atoms with E-state index in [1.807, 2.05) is 6.92 Å². The second-order valence-corrected chi connectivity index (χ2v) is 4.43. The van der Waals surface area contributed by atoms with Crippen molar-refractivity contribution in [3.63, 3.8) is 0 Å². The van der Waals surface area contributed by atoms with E-state index in [2.05, 4.69) is 10.2 Å². The fraction of sp³-hybridized carbons (Fsp3) is 0.308. The van der Waals surface area contributed by atoms with Gasteiger partial charge in [-0.05, 0) is 13.8 Å². The van der Waals surface area contributed by atoms with Crippen molar-refractivity contribution in [2.24, 2.45) is 14.1 Å². The number of hydrogen-bond donors (Lipinski definition) is 1. The zero-order chi connectivity index (χ0) is 14.2. The molecule has 0 amide bonds. The Balaban J connectivity index is 2.34. The normalized spacial score (nSPS) is 11.9. The van der Waals surface area contributed by atoms with Gasteiger partial charge >= 0.3 is 0 Å². The molecule has 2 heterocycles. The van der Waals surface area contributed by atoms with Gasteiger partial charge in [0.25, 0.3) is 0 Å². The van der Waals surface area contributed by atoms with Gasteiger partial charge in [0.05, 0.1) is 23.5 Å². The predicted octanol–water partition coefficient (Wildman–Crippen LogP) is 1.55. The van der Waals surface area contributed by atoms with Crippen LogP contribution < -0.4 is 0 Å². The minimum atomic E-state index is -0.272. The molecule has 0 aliphatic heterocycles. The van der Waals surface area contributed by atoms with Crippen LogP contribution in [0.3, 0.4) is 0 Å². The average molecular weight is 260 g/mol. The Kier molecular flexibility index (Phi) is 3.25. The summed E-state index contributed by atoms with van der Waals surface area (Å²) in [5.74, 6) is -0.356. The van der Waals surface area contributed by atoms with Gasteiger partial charge in [-0.2, -0.15) is 10.2 Å². The van der Waals surface area contributed by atoms with Crippen LogP contribution in [0.25, 0.3) is 5.76 Å². The van der Waals surface area contributed by atoms with Gasteiger partial charge in [0.15, 0.2) is 5.78 Å². The highest BCUT2D eigenvalue weighted by Crippen LogP contribution is 2.17. The molecule has 19 heavy (non-hydrogen) atoms. The number of carbonyl (C=O) groups is 1. The van der Waals surface area contributed by atoms with Crippen LogP contribution in [-0.2, 0) is 14.1 Å². The number of ketones is 1. The molecule has 0 saturated heterocycles. The van der Waals surface area contributed by atoms with E-state index >= 15 is 0 Å². The zero-order valence-corrected chi connectivity index (χ0v) is 11.4. The van der Waals surface area contributed by atoms with Crippen LogP contribution in [-0.4, -0.2) is 30.5 Å². The van der Waals surface area contributed by atoms with Gasteiger partial charge in [-0.1, -0.05) is 0 Å². The maximum absolute atomic E-state index is 12.1. The third kappa shape index (κ3) is 2.29. The minimum absolute atomic E-state index is 0.0844. The Bertz CT molecular complexity index is 664. The molecule has 0 atom stereocenters. The second-order valence-electron chi connectivity index (χ2n) is 4.43. The Labute approximate surface area is 111 Å². The number of rotatable bonds is 3. The number of aliphatic hydroxyl groups is 1. The Morgan fingerprint density at radius 3 is 2.00 bits per heavy atom. The first kappa shape index (κ1) is 13.1. The quantitative estimate of drug-likeness (QED) is 0.516. The number of hydrogen-bond acceptors (Lipinski definition) is 4. The standard InChI is InChI=1S/C13H16N4O2/c1-8-10(6-14-16(8)3)12(18)5-13(19)11-7-15-17(4)9(11)2/h5-7,18H,1-4H3. The molecule has 0 unspecified atom stereocenters. The SMILES string of the molecule is Cc1c(C(=O)C=C(O)c2cnn(C)c2C)cnn1C. The highest BCUT2D eigenvalue weighted by Gasteiger charge is 2.14. The predicted molar refractivity (Wildman–Crippen MR) is 70.8 cm³/mol. The molecule has 100 valence electrons. The van der Waals surface area contributed by atoms with E-state index in [0.717, 1.165) is 11.4 Å². The summed E-state index contributed by atoms with van der Waals surface area (Å²) in [6.07, 6.45) is 4.23. The lowest BCUT2D eigenvalue weighted by Gasteiger charge is -2.00. The maximum atomic E-state index is 12.1. The molecule has 0 aliphatic carbocycles. The Hall–Kier alpha value is -2.37.